The highest BCUT2D eigenvalue weighted by Crippen LogP contribution is 2.27. The molecule has 0 unspecified atom stereocenters. The van der Waals surface area contributed by atoms with Crippen LogP contribution in [-0.2, 0) is 0 Å². The third kappa shape index (κ3) is 3.86. The smallest absolute Gasteiger partial charge is 0.257 e. The predicted molar refractivity (Wildman–Crippen MR) is 88.7 cm³/mol. The number of nitrogens with one attached hydrogen (secondary N) is 1. The molecule has 0 bridgehead atoms. The summed E-state index contributed by atoms with van der Waals surface area (Å²) in [5.74, 6) is 0.574. The van der Waals surface area contributed by atoms with Gasteiger partial charge < -0.3 is 11.1 Å². The molecule has 21 heavy (non-hydrogen) atoms. The van der Waals surface area contributed by atoms with Crippen molar-refractivity contribution < 1.29 is 4.79 Å². The molecular weight excluding hydrogens is 282 g/mol. The van der Waals surface area contributed by atoms with Crippen molar-refractivity contribution in [2.75, 3.05) is 16.8 Å². The fourth-order valence-corrected chi connectivity index (χ4v) is 2.56. The Balaban J connectivity index is 2.23. The zero-order valence-electron chi connectivity index (χ0n) is 11.8. The van der Waals surface area contributed by atoms with Crippen molar-refractivity contribution in [3.63, 3.8) is 0 Å². The van der Waals surface area contributed by atoms with Crippen LogP contribution >= 0.6 is 11.8 Å². The molecule has 5 heteroatoms. The summed E-state index contributed by atoms with van der Waals surface area (Å²) in [6.45, 7) is 5.49. The maximum Gasteiger partial charge on any atom is 0.257 e. The second-order valence-electron chi connectivity index (χ2n) is 4.45. The molecule has 1 heterocycles. The minimum absolute atomic E-state index is 0.209. The van der Waals surface area contributed by atoms with Gasteiger partial charge in [0, 0.05) is 10.6 Å². The van der Waals surface area contributed by atoms with Gasteiger partial charge in [-0.3, -0.25) is 9.78 Å². The summed E-state index contributed by atoms with van der Waals surface area (Å²) in [5.41, 5.74) is 8.08. The maximum absolute atomic E-state index is 12.4. The van der Waals surface area contributed by atoms with E-state index in [-0.39, 0.29) is 5.91 Å². The topological polar surface area (TPSA) is 68.0 Å². The molecule has 0 spiro atoms. The first-order valence-corrected chi connectivity index (χ1v) is 7.46. The Kier molecular flexibility index (Phi) is 5.00. The third-order valence-corrected chi connectivity index (χ3v) is 3.91. The second-order valence-corrected chi connectivity index (χ2v) is 5.51. The van der Waals surface area contributed by atoms with Crippen LogP contribution < -0.4 is 11.1 Å². The van der Waals surface area contributed by atoms with E-state index in [1.54, 1.807) is 30.9 Å². The number of hydrogen-bond acceptors (Lipinski definition) is 4. The van der Waals surface area contributed by atoms with Gasteiger partial charge in [-0.05, 0) is 25.1 Å². The first kappa shape index (κ1) is 15.1. The summed E-state index contributed by atoms with van der Waals surface area (Å²) in [6, 6.07) is 9.30. The fourth-order valence-electron chi connectivity index (χ4n) is 1.81. The number of rotatable bonds is 5. The fraction of sp³-hybridized carbons (Fsp3) is 0.125. The van der Waals surface area contributed by atoms with Crippen LogP contribution in [0.4, 0.5) is 11.4 Å². The number of para-hydroxylation sites is 1. The number of nitrogen functional groups attached to an aromatic ring is 1. The van der Waals surface area contributed by atoms with Gasteiger partial charge in [-0.2, -0.15) is 0 Å². The highest BCUT2D eigenvalue weighted by atomic mass is 32.2. The molecule has 0 aliphatic carbocycles. The van der Waals surface area contributed by atoms with Gasteiger partial charge >= 0.3 is 0 Å². The van der Waals surface area contributed by atoms with E-state index in [1.165, 1.54) is 0 Å². The molecule has 3 N–H and O–H groups in total. The van der Waals surface area contributed by atoms with E-state index < -0.39 is 0 Å². The molecular formula is C16H17N3OS. The predicted octanol–water partition coefficient (Wildman–Crippen LogP) is 3.50. The van der Waals surface area contributed by atoms with Crippen molar-refractivity contribution in [1.29, 1.82) is 0 Å². The van der Waals surface area contributed by atoms with Crippen LogP contribution in [-0.4, -0.2) is 16.6 Å². The molecule has 0 saturated heterocycles. The number of benzene rings is 1. The third-order valence-electron chi connectivity index (χ3n) is 2.84. The second kappa shape index (κ2) is 6.95. The molecule has 2 rings (SSSR count). The molecule has 2 aromatic rings. The summed E-state index contributed by atoms with van der Waals surface area (Å²) in [4.78, 5) is 17.5. The lowest BCUT2D eigenvalue weighted by molar-refractivity contribution is 0.102. The minimum Gasteiger partial charge on any atom is -0.397 e. The zero-order chi connectivity index (χ0) is 15.2. The van der Waals surface area contributed by atoms with Gasteiger partial charge in [0.1, 0.15) is 0 Å². The van der Waals surface area contributed by atoms with Crippen molar-refractivity contribution in [1.82, 2.24) is 4.98 Å². The van der Waals surface area contributed by atoms with Crippen molar-refractivity contribution in [3.8, 4) is 0 Å². The Morgan fingerprint density at radius 3 is 3.00 bits per heavy atom. The zero-order valence-corrected chi connectivity index (χ0v) is 12.6. The number of hydrogen-bond donors (Lipinski definition) is 2. The maximum atomic E-state index is 12.4. The van der Waals surface area contributed by atoms with Gasteiger partial charge in [0.25, 0.3) is 5.91 Å². The average molecular weight is 299 g/mol. The summed E-state index contributed by atoms with van der Waals surface area (Å²) >= 11 is 1.62. The highest BCUT2D eigenvalue weighted by Gasteiger charge is 2.12. The molecule has 0 fully saturated rings. The summed E-state index contributed by atoms with van der Waals surface area (Å²) in [5, 5.41) is 2.91. The molecule has 0 atom stereocenters. The van der Waals surface area contributed by atoms with Crippen LogP contribution in [0, 0.1) is 6.92 Å². The average Bonchev–Trinajstić information content (AvgIpc) is 2.48. The molecule has 0 aliphatic heterocycles. The standard InChI is InChI=1S/C16H17N3OS/c1-3-8-21-15-7-5-4-6-14(15)19-16(20)13-9-12(17)10-18-11(13)2/h3-7,9-10H,1,8,17H2,2H3,(H,19,20). The molecule has 1 amide bonds. The van der Waals surface area contributed by atoms with E-state index in [1.807, 2.05) is 30.3 Å². The molecule has 1 aromatic heterocycles. The summed E-state index contributed by atoms with van der Waals surface area (Å²) in [6.07, 6.45) is 3.37. The molecule has 0 aliphatic rings. The van der Waals surface area contributed by atoms with Gasteiger partial charge in [-0.15, -0.1) is 18.3 Å². The number of aryl methyl sites for hydroxylation is 1. The van der Waals surface area contributed by atoms with Crippen LogP contribution in [0.1, 0.15) is 16.1 Å². The number of carbonyl (C=O) groups excluding carboxylic acids is 1. The van der Waals surface area contributed by atoms with Crippen molar-refractivity contribution >= 4 is 29.0 Å². The van der Waals surface area contributed by atoms with Crippen molar-refractivity contribution in [2.45, 2.75) is 11.8 Å². The first-order valence-electron chi connectivity index (χ1n) is 6.48. The van der Waals surface area contributed by atoms with Gasteiger partial charge in [0.05, 0.1) is 28.8 Å². The number of pyridine rings is 1. The largest absolute Gasteiger partial charge is 0.397 e. The van der Waals surface area contributed by atoms with Crippen LogP contribution in [0.25, 0.3) is 0 Å². The number of carbonyl (C=O) groups is 1. The number of thioether (sulfide) groups is 1. The van der Waals surface area contributed by atoms with Crippen LogP contribution in [0.15, 0.2) is 54.1 Å². The number of nitrogens with two attached hydrogens (primary N) is 1. The summed E-state index contributed by atoms with van der Waals surface area (Å²) < 4.78 is 0. The van der Waals surface area contributed by atoms with Crippen molar-refractivity contribution in [3.05, 3.63) is 60.4 Å². The number of amides is 1. The van der Waals surface area contributed by atoms with Gasteiger partial charge in [0.2, 0.25) is 0 Å². The molecule has 1 aromatic carbocycles. The van der Waals surface area contributed by atoms with Gasteiger partial charge in [0.15, 0.2) is 0 Å². The van der Waals surface area contributed by atoms with E-state index in [2.05, 4.69) is 16.9 Å². The Labute approximate surface area is 128 Å². The Hall–Kier alpha value is -2.27. The lowest BCUT2D eigenvalue weighted by Crippen LogP contribution is -2.15. The SMILES string of the molecule is C=CCSc1ccccc1NC(=O)c1cc(N)cnc1C. The van der Waals surface area contributed by atoms with Crippen LogP contribution in [0.5, 0.6) is 0 Å². The lowest BCUT2D eigenvalue weighted by atomic mass is 10.1. The van der Waals surface area contributed by atoms with Gasteiger partial charge in [-0.25, -0.2) is 0 Å². The molecule has 0 saturated carbocycles. The number of aromatic nitrogens is 1. The molecule has 108 valence electrons. The molecule has 4 nitrogen and oxygen atoms in total. The lowest BCUT2D eigenvalue weighted by Gasteiger charge is -2.11. The van der Waals surface area contributed by atoms with E-state index >= 15 is 0 Å². The minimum atomic E-state index is -0.209. The van der Waals surface area contributed by atoms with E-state index in [4.69, 9.17) is 5.73 Å². The van der Waals surface area contributed by atoms with Crippen molar-refractivity contribution in [2.24, 2.45) is 0 Å². The normalized spacial score (nSPS) is 10.1. The molecule has 0 radical (unpaired) electrons. The van der Waals surface area contributed by atoms with Gasteiger partial charge in [-0.1, -0.05) is 18.2 Å². The first-order chi connectivity index (χ1) is 10.1. The number of anilines is 2. The van der Waals surface area contributed by atoms with E-state index in [9.17, 15) is 4.79 Å². The summed E-state index contributed by atoms with van der Waals surface area (Å²) in [7, 11) is 0. The van der Waals surface area contributed by atoms with Crippen LogP contribution in [0.3, 0.4) is 0 Å². The van der Waals surface area contributed by atoms with E-state index in [0.717, 1.165) is 16.3 Å². The Morgan fingerprint density at radius 1 is 1.48 bits per heavy atom. The number of nitrogens with zero attached hydrogens (tertiary/aromatic N) is 1. The monoisotopic (exact) mass is 299 g/mol. The Morgan fingerprint density at radius 2 is 2.24 bits per heavy atom. The quantitative estimate of drug-likeness (QED) is 0.655. The van der Waals surface area contributed by atoms with Crippen LogP contribution in [0.2, 0.25) is 0 Å². The highest BCUT2D eigenvalue weighted by molar-refractivity contribution is 7.99. The Bertz CT molecular complexity index is 670. The van der Waals surface area contributed by atoms with E-state index in [0.29, 0.717) is 16.9 Å².